The average molecular weight is 309 g/mol. The zero-order valence-corrected chi connectivity index (χ0v) is 12.9. The van der Waals surface area contributed by atoms with E-state index in [9.17, 15) is 9.59 Å². The van der Waals surface area contributed by atoms with Crippen molar-refractivity contribution < 1.29 is 14.3 Å². The molecule has 22 heavy (non-hydrogen) atoms. The molecule has 1 aliphatic rings. The monoisotopic (exact) mass is 309 g/mol. The molecule has 0 aliphatic carbocycles. The fourth-order valence-electron chi connectivity index (χ4n) is 2.31. The van der Waals surface area contributed by atoms with Crippen LogP contribution in [-0.4, -0.2) is 41.4 Å². The Kier molecular flexibility index (Phi) is 6.05. The van der Waals surface area contributed by atoms with Gasteiger partial charge in [-0.25, -0.2) is 14.6 Å². The Balaban J connectivity index is 1.61. The van der Waals surface area contributed by atoms with Gasteiger partial charge in [-0.2, -0.15) is 0 Å². The van der Waals surface area contributed by atoms with Gasteiger partial charge in [-0.15, -0.1) is 0 Å². The number of fused-ring (bicyclic) bond motifs is 1. The van der Waals surface area contributed by atoms with Crippen molar-refractivity contribution in [2.45, 2.75) is 39.3 Å². The van der Waals surface area contributed by atoms with E-state index in [-0.39, 0.29) is 6.03 Å². The summed E-state index contributed by atoms with van der Waals surface area (Å²) in [4.78, 5) is 27.2. The number of urea groups is 1. The lowest BCUT2D eigenvalue weighted by Gasteiger charge is -2.11. The number of rotatable bonds is 6. The highest BCUT2D eigenvalue weighted by molar-refractivity contribution is 5.73. The van der Waals surface area contributed by atoms with Gasteiger partial charge in [-0.1, -0.05) is 0 Å². The summed E-state index contributed by atoms with van der Waals surface area (Å²) < 4.78 is 6.86. The van der Waals surface area contributed by atoms with Gasteiger partial charge in [0.25, 0.3) is 0 Å². The number of alkyl carbamates (subject to hydrolysis) is 1. The predicted molar refractivity (Wildman–Crippen MR) is 80.4 cm³/mol. The van der Waals surface area contributed by atoms with Crippen LogP contribution in [0, 0.1) is 0 Å². The Morgan fingerprint density at radius 3 is 2.86 bits per heavy atom. The zero-order chi connectivity index (χ0) is 15.8. The molecule has 2 rings (SSSR count). The van der Waals surface area contributed by atoms with Crippen LogP contribution < -0.4 is 16.0 Å². The van der Waals surface area contributed by atoms with E-state index in [1.807, 2.05) is 6.20 Å². The topological polar surface area (TPSA) is 97.3 Å². The van der Waals surface area contributed by atoms with Crippen LogP contribution in [0.4, 0.5) is 9.59 Å². The van der Waals surface area contributed by atoms with E-state index in [1.165, 1.54) is 12.8 Å². The Bertz CT molecular complexity index is 491. The number of aryl methyl sites for hydroxylation is 2. The van der Waals surface area contributed by atoms with Crippen molar-refractivity contribution in [1.29, 1.82) is 0 Å². The Labute approximate surface area is 129 Å². The molecule has 0 saturated heterocycles. The number of nitrogens with one attached hydrogen (secondary N) is 3. The van der Waals surface area contributed by atoms with E-state index in [2.05, 4.69) is 25.5 Å². The molecule has 0 unspecified atom stereocenters. The minimum Gasteiger partial charge on any atom is -0.450 e. The molecule has 0 saturated carbocycles. The molecule has 122 valence electrons. The molecule has 0 radical (unpaired) electrons. The number of hydrogen-bond acceptors (Lipinski definition) is 4. The smallest absolute Gasteiger partial charge is 0.407 e. The van der Waals surface area contributed by atoms with Crippen LogP contribution in [-0.2, 0) is 24.2 Å². The summed E-state index contributed by atoms with van der Waals surface area (Å²) in [5.74, 6) is 1.10. The Morgan fingerprint density at radius 1 is 1.27 bits per heavy atom. The molecule has 8 heteroatoms. The molecule has 2 heterocycles. The Morgan fingerprint density at radius 2 is 2.09 bits per heavy atom. The number of imidazole rings is 1. The number of carbonyl (C=O) groups excluding carboxylic acids is 2. The van der Waals surface area contributed by atoms with Gasteiger partial charge >= 0.3 is 12.1 Å². The molecule has 1 aromatic heterocycles. The third kappa shape index (κ3) is 4.94. The van der Waals surface area contributed by atoms with Gasteiger partial charge in [-0.3, -0.25) is 0 Å². The maximum Gasteiger partial charge on any atom is 0.407 e. The van der Waals surface area contributed by atoms with Crippen molar-refractivity contribution in [3.05, 3.63) is 17.7 Å². The van der Waals surface area contributed by atoms with Crippen molar-refractivity contribution in [2.75, 3.05) is 19.7 Å². The molecule has 0 spiro atoms. The fraction of sp³-hybridized carbons (Fsp3) is 0.643. The molecular weight excluding hydrogens is 286 g/mol. The normalized spacial score (nSPS) is 13.1. The third-order valence-corrected chi connectivity index (χ3v) is 3.34. The standard InChI is InChI=1S/C14H23N5O3/c1-2-22-14(21)16-7-6-15-13(20)17-9-11-10-19-8-4-3-5-12(19)18-11/h10H,2-9H2,1H3,(H,16,21)(H2,15,17,20). The Hall–Kier alpha value is -2.25. The molecule has 3 N–H and O–H groups in total. The van der Waals surface area contributed by atoms with Gasteiger partial charge in [0.1, 0.15) is 5.82 Å². The van der Waals surface area contributed by atoms with Crippen LogP contribution in [0.1, 0.15) is 31.3 Å². The first kappa shape index (κ1) is 16.1. The van der Waals surface area contributed by atoms with E-state index >= 15 is 0 Å². The van der Waals surface area contributed by atoms with Crippen molar-refractivity contribution in [3.8, 4) is 0 Å². The van der Waals surface area contributed by atoms with Crippen LogP contribution in [0.3, 0.4) is 0 Å². The van der Waals surface area contributed by atoms with E-state index in [0.29, 0.717) is 26.2 Å². The van der Waals surface area contributed by atoms with Gasteiger partial charge < -0.3 is 25.3 Å². The summed E-state index contributed by atoms with van der Waals surface area (Å²) in [5, 5.41) is 7.94. The molecule has 0 fully saturated rings. The zero-order valence-electron chi connectivity index (χ0n) is 12.9. The first-order chi connectivity index (χ1) is 10.7. The number of carbonyl (C=O) groups is 2. The van der Waals surface area contributed by atoms with Crippen molar-refractivity contribution in [2.24, 2.45) is 0 Å². The van der Waals surface area contributed by atoms with E-state index < -0.39 is 6.09 Å². The van der Waals surface area contributed by atoms with Crippen molar-refractivity contribution in [3.63, 3.8) is 0 Å². The first-order valence-electron chi connectivity index (χ1n) is 7.66. The summed E-state index contributed by atoms with van der Waals surface area (Å²) in [6.07, 6.45) is 4.89. The maximum absolute atomic E-state index is 11.6. The number of aromatic nitrogens is 2. The summed E-state index contributed by atoms with van der Waals surface area (Å²) in [6, 6.07) is -0.281. The lowest BCUT2D eigenvalue weighted by Crippen LogP contribution is -2.40. The molecule has 1 aromatic rings. The highest BCUT2D eigenvalue weighted by Gasteiger charge is 2.12. The summed E-state index contributed by atoms with van der Waals surface area (Å²) in [5.41, 5.74) is 0.872. The minimum atomic E-state index is -0.478. The van der Waals surface area contributed by atoms with Crippen molar-refractivity contribution >= 4 is 12.1 Å². The second-order valence-corrected chi connectivity index (χ2v) is 5.06. The van der Waals surface area contributed by atoms with Crippen LogP contribution in [0.2, 0.25) is 0 Å². The number of nitrogens with zero attached hydrogens (tertiary/aromatic N) is 2. The maximum atomic E-state index is 11.6. The third-order valence-electron chi connectivity index (χ3n) is 3.34. The minimum absolute atomic E-state index is 0.281. The predicted octanol–water partition coefficient (Wildman–Crippen LogP) is 0.765. The van der Waals surface area contributed by atoms with Crippen LogP contribution >= 0.6 is 0 Å². The highest BCUT2D eigenvalue weighted by atomic mass is 16.5. The molecule has 3 amide bonds. The quantitative estimate of drug-likeness (QED) is 0.676. The number of hydrogen-bond donors (Lipinski definition) is 3. The molecular formula is C14H23N5O3. The molecule has 0 atom stereocenters. The summed E-state index contributed by atoms with van der Waals surface area (Å²) in [7, 11) is 0. The first-order valence-corrected chi connectivity index (χ1v) is 7.66. The fourth-order valence-corrected chi connectivity index (χ4v) is 2.31. The summed E-state index contributed by atoms with van der Waals surface area (Å²) in [6.45, 7) is 4.13. The number of ether oxygens (including phenoxy) is 1. The SMILES string of the molecule is CCOC(=O)NCCNC(=O)NCc1cn2c(n1)CCCC2. The molecule has 0 bridgehead atoms. The lowest BCUT2D eigenvalue weighted by molar-refractivity contribution is 0.152. The second kappa shape index (κ2) is 8.26. The van der Waals surface area contributed by atoms with E-state index in [0.717, 1.165) is 24.5 Å². The van der Waals surface area contributed by atoms with Gasteiger partial charge in [-0.05, 0) is 19.8 Å². The van der Waals surface area contributed by atoms with Gasteiger partial charge in [0.15, 0.2) is 0 Å². The van der Waals surface area contributed by atoms with Crippen molar-refractivity contribution in [1.82, 2.24) is 25.5 Å². The van der Waals surface area contributed by atoms with Crippen LogP contribution in [0.15, 0.2) is 6.20 Å². The molecule has 1 aliphatic heterocycles. The second-order valence-electron chi connectivity index (χ2n) is 5.06. The van der Waals surface area contributed by atoms with Gasteiger partial charge in [0.05, 0.1) is 18.8 Å². The van der Waals surface area contributed by atoms with Gasteiger partial charge in [0.2, 0.25) is 0 Å². The van der Waals surface area contributed by atoms with E-state index in [1.54, 1.807) is 6.92 Å². The molecule has 8 nitrogen and oxygen atoms in total. The average Bonchev–Trinajstić information content (AvgIpc) is 2.93. The van der Waals surface area contributed by atoms with Crippen LogP contribution in [0.5, 0.6) is 0 Å². The summed E-state index contributed by atoms with van der Waals surface area (Å²) >= 11 is 0. The number of amides is 3. The highest BCUT2D eigenvalue weighted by Crippen LogP contribution is 2.14. The van der Waals surface area contributed by atoms with E-state index in [4.69, 9.17) is 4.74 Å². The lowest BCUT2D eigenvalue weighted by atomic mass is 10.2. The van der Waals surface area contributed by atoms with Crippen LogP contribution in [0.25, 0.3) is 0 Å². The molecule has 0 aromatic carbocycles. The van der Waals surface area contributed by atoms with Gasteiger partial charge in [0, 0.05) is 32.3 Å². The largest absolute Gasteiger partial charge is 0.450 e.